The Morgan fingerprint density at radius 1 is 1.12 bits per heavy atom. The molecule has 0 unspecified atom stereocenters. The molecule has 1 aliphatic carbocycles. The van der Waals surface area contributed by atoms with Gasteiger partial charge in [-0.25, -0.2) is 0 Å². The van der Waals surface area contributed by atoms with Gasteiger partial charge in [0, 0.05) is 0 Å². The molecule has 1 aliphatic heterocycles. The molecular weight excluding hydrogens is 424 g/mol. The molecule has 3 rings (SSSR count). The number of carbonyl (C=O) groups is 2. The van der Waals surface area contributed by atoms with E-state index in [1.807, 2.05) is 0 Å². The van der Waals surface area contributed by atoms with Crippen LogP contribution in [-0.2, 0) is 31.1 Å². The molecule has 10 nitrogen and oxygen atoms in total. The lowest BCUT2D eigenvalue weighted by Crippen LogP contribution is -2.59. The van der Waals surface area contributed by atoms with Crippen LogP contribution < -0.4 is 0 Å². The average molecular weight is 454 g/mol. The van der Waals surface area contributed by atoms with E-state index in [4.69, 9.17) is 19.7 Å². The first kappa shape index (κ1) is 24.6. The van der Waals surface area contributed by atoms with Gasteiger partial charge in [-0.1, -0.05) is 37.1 Å². The normalized spacial score (nSPS) is 35.6. The van der Waals surface area contributed by atoms with E-state index in [1.165, 1.54) is 6.92 Å². The number of benzene rings is 1. The highest BCUT2D eigenvalue weighted by molar-refractivity contribution is 5.93. The third-order valence-electron chi connectivity index (χ3n) is 6.38. The Balaban J connectivity index is 1.83. The molecule has 2 fully saturated rings. The number of carboxylic acid groups (broad SMARTS) is 2. The largest absolute Gasteiger partial charge is 0.481 e. The minimum atomic E-state index is -1.61. The van der Waals surface area contributed by atoms with E-state index in [0.29, 0.717) is 30.4 Å². The van der Waals surface area contributed by atoms with Gasteiger partial charge in [0.05, 0.1) is 12.2 Å². The van der Waals surface area contributed by atoms with Gasteiger partial charge >= 0.3 is 11.9 Å². The first-order chi connectivity index (χ1) is 15.0. The molecule has 7 atom stereocenters. The lowest BCUT2D eigenvalue weighted by atomic mass is 9.76. The summed E-state index contributed by atoms with van der Waals surface area (Å²) in [6.45, 7) is 1.54. The summed E-state index contributed by atoms with van der Waals surface area (Å²) in [7, 11) is 0. The van der Waals surface area contributed by atoms with Crippen LogP contribution in [0, 0.1) is 5.92 Å². The number of rotatable bonds is 7. The van der Waals surface area contributed by atoms with Gasteiger partial charge < -0.3 is 40.1 Å². The summed E-state index contributed by atoms with van der Waals surface area (Å²) in [4.78, 5) is 22.5. The zero-order chi connectivity index (χ0) is 23.6. The smallest absolute Gasteiger partial charge is 0.318 e. The Morgan fingerprint density at radius 3 is 2.47 bits per heavy atom. The molecule has 1 heterocycles. The monoisotopic (exact) mass is 454 g/mol. The topological polar surface area (TPSA) is 174 Å². The summed E-state index contributed by atoms with van der Waals surface area (Å²) in [5.41, 5.74) is -0.617. The first-order valence-corrected chi connectivity index (χ1v) is 10.7. The van der Waals surface area contributed by atoms with Crippen molar-refractivity contribution >= 4 is 11.9 Å². The predicted octanol–water partition coefficient (Wildman–Crippen LogP) is -0.0112. The highest BCUT2D eigenvalue weighted by Crippen LogP contribution is 2.41. The molecule has 6 N–H and O–H groups in total. The molecule has 0 amide bonds. The second kappa shape index (κ2) is 9.82. The second-order valence-corrected chi connectivity index (χ2v) is 8.61. The number of aliphatic carboxylic acids is 2. The van der Waals surface area contributed by atoms with Gasteiger partial charge in [-0.2, -0.15) is 0 Å². The molecule has 2 aliphatic rings. The number of carboxylic acids is 2. The van der Waals surface area contributed by atoms with E-state index in [2.05, 4.69) is 0 Å². The van der Waals surface area contributed by atoms with Gasteiger partial charge in [0.2, 0.25) is 0 Å². The van der Waals surface area contributed by atoms with Gasteiger partial charge in [0.1, 0.15) is 23.9 Å². The minimum Gasteiger partial charge on any atom is -0.481 e. The summed E-state index contributed by atoms with van der Waals surface area (Å²) in [5.74, 6) is -4.50. The maximum Gasteiger partial charge on any atom is 0.318 e. The number of aliphatic hydroxyl groups is 4. The summed E-state index contributed by atoms with van der Waals surface area (Å²) in [6.07, 6.45) is -5.15. The van der Waals surface area contributed by atoms with Gasteiger partial charge in [0.15, 0.2) is 12.2 Å². The van der Waals surface area contributed by atoms with Crippen molar-refractivity contribution in [2.24, 2.45) is 5.92 Å². The van der Waals surface area contributed by atoms with Gasteiger partial charge in [-0.05, 0) is 37.3 Å². The molecule has 1 aromatic rings. The van der Waals surface area contributed by atoms with E-state index in [-0.39, 0.29) is 6.42 Å². The molecule has 0 radical (unpaired) electrons. The summed E-state index contributed by atoms with van der Waals surface area (Å²) < 4.78 is 11.4. The third kappa shape index (κ3) is 4.95. The lowest BCUT2D eigenvalue weighted by Gasteiger charge is -2.45. The van der Waals surface area contributed by atoms with Crippen molar-refractivity contribution in [1.29, 1.82) is 0 Å². The lowest BCUT2D eigenvalue weighted by molar-refractivity contribution is -0.321. The predicted molar refractivity (Wildman–Crippen MR) is 109 cm³/mol. The Bertz CT molecular complexity index is 815. The van der Waals surface area contributed by atoms with E-state index in [1.54, 1.807) is 24.3 Å². The van der Waals surface area contributed by atoms with Crippen molar-refractivity contribution in [2.45, 2.75) is 81.4 Å². The summed E-state index contributed by atoms with van der Waals surface area (Å²) in [5, 5.41) is 60.1. The molecular formula is C22H30O10. The maximum atomic E-state index is 11.6. The van der Waals surface area contributed by atoms with Crippen LogP contribution in [-0.4, -0.2) is 79.4 Å². The molecule has 1 aromatic carbocycles. The zero-order valence-corrected chi connectivity index (χ0v) is 17.7. The number of hydrogen-bond acceptors (Lipinski definition) is 8. The van der Waals surface area contributed by atoms with Gasteiger partial charge in [0.25, 0.3) is 0 Å². The van der Waals surface area contributed by atoms with Crippen LogP contribution in [0.15, 0.2) is 24.3 Å². The molecule has 10 heteroatoms. The first-order valence-electron chi connectivity index (χ1n) is 10.7. The molecule has 178 valence electrons. The zero-order valence-electron chi connectivity index (χ0n) is 17.7. The Morgan fingerprint density at radius 2 is 1.81 bits per heavy atom. The Labute approximate surface area is 185 Å². The Kier molecular flexibility index (Phi) is 7.53. The summed E-state index contributed by atoms with van der Waals surface area (Å²) >= 11 is 0. The van der Waals surface area contributed by atoms with E-state index in [9.17, 15) is 30.0 Å². The average Bonchev–Trinajstić information content (AvgIpc) is 2.75. The highest BCUT2D eigenvalue weighted by Gasteiger charge is 2.48. The van der Waals surface area contributed by atoms with Crippen molar-refractivity contribution in [3.05, 3.63) is 35.4 Å². The number of hydrogen-bond donors (Lipinski definition) is 6. The van der Waals surface area contributed by atoms with Gasteiger partial charge in [-0.3, -0.25) is 9.59 Å². The van der Waals surface area contributed by atoms with Gasteiger partial charge in [-0.15, -0.1) is 0 Å². The van der Waals surface area contributed by atoms with Crippen LogP contribution in [0.3, 0.4) is 0 Å². The van der Waals surface area contributed by atoms with Crippen LogP contribution in [0.25, 0.3) is 0 Å². The molecule has 1 saturated carbocycles. The van der Waals surface area contributed by atoms with E-state index >= 15 is 0 Å². The maximum absolute atomic E-state index is 11.6. The van der Waals surface area contributed by atoms with Crippen LogP contribution in [0.5, 0.6) is 0 Å². The summed E-state index contributed by atoms with van der Waals surface area (Å²) in [6, 6.07) is 6.43. The van der Waals surface area contributed by atoms with Crippen molar-refractivity contribution < 1.29 is 49.7 Å². The molecule has 32 heavy (non-hydrogen) atoms. The third-order valence-corrected chi connectivity index (χ3v) is 6.38. The number of aliphatic hydroxyl groups excluding tert-OH is 3. The van der Waals surface area contributed by atoms with Crippen molar-refractivity contribution in [3.8, 4) is 0 Å². The van der Waals surface area contributed by atoms with Crippen LogP contribution >= 0.6 is 0 Å². The molecule has 0 spiro atoms. The SMILES string of the molecule is C[C@@H]1O[C@@H](O[C@@H]2CCCC[C@@]2(O)c2cccc(CC(C(=O)O)C(=O)O)c2)[C@@H](O)[C@H](O)[C@@H]1O. The standard InChI is InChI=1S/C22H30O10/c1-11-16(23)17(24)18(25)21(31-11)32-15-7-2-3-8-22(15,30)13-6-4-5-12(9-13)10-14(19(26)27)20(28)29/h4-6,9,11,14-18,21,23-25,30H,2-3,7-8,10H2,1H3,(H,26,27)(H,28,29)/t11-,15+,16+,17+,18-,21-,22+/m0/s1. The van der Waals surface area contributed by atoms with E-state index < -0.39 is 60.3 Å². The van der Waals surface area contributed by atoms with Crippen molar-refractivity contribution in [2.75, 3.05) is 0 Å². The molecule has 0 aromatic heterocycles. The fraction of sp³-hybridized carbons (Fsp3) is 0.636. The minimum absolute atomic E-state index is 0.244. The molecule has 0 bridgehead atoms. The second-order valence-electron chi connectivity index (χ2n) is 8.61. The fourth-order valence-electron chi connectivity index (χ4n) is 4.41. The van der Waals surface area contributed by atoms with Crippen molar-refractivity contribution in [1.82, 2.24) is 0 Å². The van der Waals surface area contributed by atoms with E-state index in [0.717, 1.165) is 6.42 Å². The van der Waals surface area contributed by atoms with Crippen LogP contribution in [0.2, 0.25) is 0 Å². The highest BCUT2D eigenvalue weighted by atomic mass is 16.7. The van der Waals surface area contributed by atoms with Crippen LogP contribution in [0.4, 0.5) is 0 Å². The van der Waals surface area contributed by atoms with Crippen molar-refractivity contribution in [3.63, 3.8) is 0 Å². The number of ether oxygens (including phenoxy) is 2. The molecule has 1 saturated heterocycles. The Hall–Kier alpha value is -2.08. The fourth-order valence-corrected chi connectivity index (χ4v) is 4.41. The van der Waals surface area contributed by atoms with Crippen LogP contribution in [0.1, 0.15) is 43.7 Å². The quantitative estimate of drug-likeness (QED) is 0.307.